The van der Waals surface area contributed by atoms with Gasteiger partial charge in [-0.25, -0.2) is 0 Å². The van der Waals surface area contributed by atoms with Crippen LogP contribution in [-0.4, -0.2) is 26.1 Å². The number of hydrogen-bond acceptors (Lipinski definition) is 5. The summed E-state index contributed by atoms with van der Waals surface area (Å²) in [6.45, 7) is 0. The number of aromatic nitrogens is 4. The Labute approximate surface area is 166 Å². The van der Waals surface area contributed by atoms with Crippen molar-refractivity contribution in [1.29, 1.82) is 0 Å². The van der Waals surface area contributed by atoms with Crippen LogP contribution in [0.15, 0.2) is 96.2 Å². The van der Waals surface area contributed by atoms with Crippen LogP contribution in [0.25, 0.3) is 5.69 Å². The van der Waals surface area contributed by atoms with Gasteiger partial charge in [0.2, 0.25) is 11.1 Å². The smallest absolute Gasteiger partial charge is 0.242 e. The number of carbonyl (C=O) groups excluding carboxylic acids is 1. The first-order valence-electron chi connectivity index (χ1n) is 8.72. The average molecular weight is 387 g/mol. The minimum absolute atomic E-state index is 0.134. The van der Waals surface area contributed by atoms with E-state index in [2.05, 4.69) is 20.8 Å². The van der Waals surface area contributed by atoms with Gasteiger partial charge in [0.25, 0.3) is 0 Å². The number of hydrogen-bond donors (Lipinski definition) is 1. The normalized spacial score (nSPS) is 11.7. The third kappa shape index (κ3) is 4.10. The fourth-order valence-corrected chi connectivity index (χ4v) is 3.71. The van der Waals surface area contributed by atoms with Crippen LogP contribution < -0.4 is 5.32 Å². The molecule has 7 heteroatoms. The number of tetrazole rings is 1. The van der Waals surface area contributed by atoms with Gasteiger partial charge in [-0.1, -0.05) is 78.5 Å². The van der Waals surface area contributed by atoms with E-state index in [-0.39, 0.29) is 5.91 Å². The van der Waals surface area contributed by atoms with E-state index in [4.69, 9.17) is 0 Å². The maximum Gasteiger partial charge on any atom is 0.242 e. The van der Waals surface area contributed by atoms with Crippen molar-refractivity contribution < 1.29 is 4.79 Å². The number of para-hydroxylation sites is 2. The first-order chi connectivity index (χ1) is 13.8. The zero-order valence-corrected chi connectivity index (χ0v) is 15.7. The van der Waals surface area contributed by atoms with Crippen LogP contribution in [0, 0.1) is 0 Å². The number of anilines is 1. The van der Waals surface area contributed by atoms with E-state index in [1.807, 2.05) is 91.0 Å². The average Bonchev–Trinajstić information content (AvgIpc) is 3.22. The van der Waals surface area contributed by atoms with E-state index >= 15 is 0 Å². The van der Waals surface area contributed by atoms with Gasteiger partial charge in [-0.3, -0.25) is 4.79 Å². The van der Waals surface area contributed by atoms with Gasteiger partial charge in [0, 0.05) is 5.69 Å². The summed E-state index contributed by atoms with van der Waals surface area (Å²) in [5, 5.41) is 15.0. The first kappa shape index (κ1) is 17.9. The van der Waals surface area contributed by atoms with Crippen molar-refractivity contribution in [3.05, 3.63) is 96.6 Å². The summed E-state index contributed by atoms with van der Waals surface area (Å²) >= 11 is 1.31. The van der Waals surface area contributed by atoms with Gasteiger partial charge in [0.1, 0.15) is 5.25 Å². The lowest BCUT2D eigenvalue weighted by atomic mass is 10.1. The molecule has 0 saturated heterocycles. The number of nitrogens with zero attached hydrogens (tertiary/aromatic N) is 4. The van der Waals surface area contributed by atoms with Crippen molar-refractivity contribution in [3.8, 4) is 5.69 Å². The lowest BCUT2D eigenvalue weighted by Crippen LogP contribution is -2.19. The molecule has 0 aliphatic rings. The van der Waals surface area contributed by atoms with Crippen LogP contribution in [0.5, 0.6) is 0 Å². The molecule has 0 bridgehead atoms. The first-order valence-corrected chi connectivity index (χ1v) is 9.60. The van der Waals surface area contributed by atoms with Gasteiger partial charge in [-0.2, -0.15) is 4.68 Å². The number of amides is 1. The highest BCUT2D eigenvalue weighted by Crippen LogP contribution is 2.35. The summed E-state index contributed by atoms with van der Waals surface area (Å²) in [7, 11) is 0. The van der Waals surface area contributed by atoms with Gasteiger partial charge in [-0.15, -0.1) is 5.10 Å². The highest BCUT2D eigenvalue weighted by molar-refractivity contribution is 8.00. The Morgan fingerprint density at radius 3 is 2.14 bits per heavy atom. The summed E-state index contributed by atoms with van der Waals surface area (Å²) in [5.74, 6) is -0.134. The number of nitrogens with one attached hydrogen (secondary N) is 1. The third-order valence-corrected chi connectivity index (χ3v) is 5.23. The molecule has 0 aliphatic carbocycles. The predicted molar refractivity (Wildman–Crippen MR) is 109 cm³/mol. The molecule has 6 nitrogen and oxygen atoms in total. The standard InChI is InChI=1S/C21H17N5OS/c27-20(22-17-12-6-2-7-13-17)19(16-10-4-1-5-11-16)28-21-23-24-25-26(21)18-14-8-3-9-15-18/h1-15,19H,(H,22,27). The van der Waals surface area contributed by atoms with Crippen molar-refractivity contribution in [2.75, 3.05) is 5.32 Å². The van der Waals surface area contributed by atoms with Crippen molar-refractivity contribution in [2.45, 2.75) is 10.4 Å². The molecule has 1 aromatic heterocycles. The molecule has 0 spiro atoms. The second kappa shape index (κ2) is 8.49. The Morgan fingerprint density at radius 1 is 0.857 bits per heavy atom. The van der Waals surface area contributed by atoms with Crippen molar-refractivity contribution in [3.63, 3.8) is 0 Å². The molecule has 0 saturated carbocycles. The molecule has 1 atom stereocenters. The van der Waals surface area contributed by atoms with Crippen molar-refractivity contribution >= 4 is 23.4 Å². The molecule has 1 amide bonds. The summed E-state index contributed by atoms with van der Waals surface area (Å²) < 4.78 is 1.64. The molecule has 4 rings (SSSR count). The number of benzene rings is 3. The zero-order valence-electron chi connectivity index (χ0n) is 14.8. The topological polar surface area (TPSA) is 72.7 Å². The molecule has 138 valence electrons. The predicted octanol–water partition coefficient (Wildman–Crippen LogP) is 4.13. The Balaban J connectivity index is 1.64. The fourth-order valence-electron chi connectivity index (χ4n) is 2.72. The molecule has 1 heterocycles. The number of thioether (sulfide) groups is 1. The molecule has 0 fully saturated rings. The number of rotatable bonds is 6. The molecule has 4 aromatic rings. The van der Waals surface area contributed by atoms with E-state index in [1.165, 1.54) is 11.8 Å². The molecular weight excluding hydrogens is 370 g/mol. The highest BCUT2D eigenvalue weighted by Gasteiger charge is 2.25. The SMILES string of the molecule is O=C(Nc1ccccc1)C(Sc1nnnn1-c1ccccc1)c1ccccc1. The second-order valence-electron chi connectivity index (χ2n) is 5.97. The molecule has 1 unspecified atom stereocenters. The van der Waals surface area contributed by atoms with E-state index in [0.717, 1.165) is 16.9 Å². The Morgan fingerprint density at radius 2 is 1.46 bits per heavy atom. The Kier molecular flexibility index (Phi) is 5.44. The van der Waals surface area contributed by atoms with E-state index in [0.29, 0.717) is 5.16 Å². The van der Waals surface area contributed by atoms with Crippen LogP contribution in [0.1, 0.15) is 10.8 Å². The van der Waals surface area contributed by atoms with Crippen molar-refractivity contribution in [2.24, 2.45) is 0 Å². The summed E-state index contributed by atoms with van der Waals surface area (Å²) in [4.78, 5) is 13.1. The highest BCUT2D eigenvalue weighted by atomic mass is 32.2. The second-order valence-corrected chi connectivity index (χ2v) is 7.04. The van der Waals surface area contributed by atoms with E-state index in [1.54, 1.807) is 4.68 Å². The van der Waals surface area contributed by atoms with Gasteiger partial charge >= 0.3 is 0 Å². The van der Waals surface area contributed by atoms with E-state index < -0.39 is 5.25 Å². The molecular formula is C21H17N5OS. The maximum atomic E-state index is 13.1. The molecule has 28 heavy (non-hydrogen) atoms. The Bertz CT molecular complexity index is 1040. The van der Waals surface area contributed by atoms with Crippen LogP contribution in [-0.2, 0) is 4.79 Å². The summed E-state index contributed by atoms with van der Waals surface area (Å²) in [6, 6.07) is 28.6. The lowest BCUT2D eigenvalue weighted by Gasteiger charge is -2.16. The van der Waals surface area contributed by atoms with Crippen molar-refractivity contribution in [1.82, 2.24) is 20.2 Å². The van der Waals surface area contributed by atoms with Gasteiger partial charge in [-0.05, 0) is 40.3 Å². The van der Waals surface area contributed by atoms with Crippen LogP contribution in [0.4, 0.5) is 5.69 Å². The molecule has 0 aliphatic heterocycles. The van der Waals surface area contributed by atoms with E-state index in [9.17, 15) is 4.79 Å². The van der Waals surface area contributed by atoms with Gasteiger partial charge in [0.15, 0.2) is 0 Å². The minimum atomic E-state index is -0.505. The summed E-state index contributed by atoms with van der Waals surface area (Å²) in [6.07, 6.45) is 0. The molecule has 0 radical (unpaired) electrons. The third-order valence-electron chi connectivity index (χ3n) is 4.05. The van der Waals surface area contributed by atoms with Gasteiger partial charge < -0.3 is 5.32 Å². The fraction of sp³-hybridized carbons (Fsp3) is 0.0476. The minimum Gasteiger partial charge on any atom is -0.325 e. The van der Waals surface area contributed by atoms with Gasteiger partial charge in [0.05, 0.1) is 5.69 Å². The zero-order chi connectivity index (χ0) is 19.2. The Hall–Kier alpha value is -3.45. The van der Waals surface area contributed by atoms with Crippen LogP contribution >= 0.6 is 11.8 Å². The maximum absolute atomic E-state index is 13.1. The van der Waals surface area contributed by atoms with Crippen LogP contribution in [0.3, 0.4) is 0 Å². The lowest BCUT2D eigenvalue weighted by molar-refractivity contribution is -0.115. The molecule has 3 aromatic carbocycles. The van der Waals surface area contributed by atoms with Crippen LogP contribution in [0.2, 0.25) is 0 Å². The quantitative estimate of drug-likeness (QED) is 0.504. The largest absolute Gasteiger partial charge is 0.325 e. The number of carbonyl (C=O) groups is 1. The summed E-state index contributed by atoms with van der Waals surface area (Å²) in [5.41, 5.74) is 2.46. The molecule has 1 N–H and O–H groups in total. The monoisotopic (exact) mass is 387 g/mol.